The molecule has 0 aliphatic rings. The standard InChI is InChI=1S/C41H63NO7S/c1-32(2)31-42-37(7)35(5)40(49-50(46,47)48)30-26-22-18-13-11-9-10-12-17-21-25-29-39(44)36(6)41(45)34(4)28-24-20-16-14-15-19-23-27-33(3)38(8)43/h9-15,17-19,21-29,32,34-37,39-42,44-45H,16,20,30-31H2,1-8H3,(H,46,47,48)/b11-9+,12-10+,15-14+,18-13+,21-17+,23-19+,26-22+,28-24+,29-25+,33-27+. The number of aliphatic hydroxyl groups excluding tert-OH is 2. The zero-order chi connectivity index (χ0) is 38.0. The fourth-order valence-electron chi connectivity index (χ4n) is 4.44. The zero-order valence-corrected chi connectivity index (χ0v) is 32.1. The first-order valence-corrected chi connectivity index (χ1v) is 18.9. The zero-order valence-electron chi connectivity index (χ0n) is 31.3. The number of carbonyl (C=O) groups excluding carboxylic acids is 1. The van der Waals surface area contributed by atoms with Crippen molar-refractivity contribution in [2.75, 3.05) is 6.54 Å². The molecule has 0 bridgehead atoms. The van der Waals surface area contributed by atoms with Crippen molar-refractivity contribution in [2.45, 2.75) is 99.0 Å². The molecule has 0 fully saturated rings. The van der Waals surface area contributed by atoms with Gasteiger partial charge in [-0.3, -0.25) is 9.35 Å². The van der Waals surface area contributed by atoms with Crippen molar-refractivity contribution >= 4 is 16.2 Å². The lowest BCUT2D eigenvalue weighted by Gasteiger charge is -2.28. The summed E-state index contributed by atoms with van der Waals surface area (Å²) in [5.74, 6) is -0.0724. The Balaban J connectivity index is 4.64. The molecular weight excluding hydrogens is 651 g/mol. The van der Waals surface area contributed by atoms with Crippen LogP contribution in [0.25, 0.3) is 0 Å². The molecule has 0 aromatic heterocycles. The highest BCUT2D eigenvalue weighted by Crippen LogP contribution is 2.20. The predicted molar refractivity (Wildman–Crippen MR) is 209 cm³/mol. The number of ketones is 1. The second-order valence-corrected chi connectivity index (χ2v) is 14.1. The van der Waals surface area contributed by atoms with E-state index < -0.39 is 28.7 Å². The molecule has 0 amide bonds. The normalized spacial score (nSPS) is 18.4. The molecule has 50 heavy (non-hydrogen) atoms. The van der Waals surface area contributed by atoms with Crippen LogP contribution in [0.4, 0.5) is 0 Å². The first kappa shape index (κ1) is 46.8. The molecule has 0 saturated heterocycles. The Kier molecular flexibility index (Phi) is 25.8. The number of nitrogens with one attached hydrogen (secondary N) is 1. The summed E-state index contributed by atoms with van der Waals surface area (Å²) in [4.78, 5) is 11.2. The number of Topliss-reactive ketones (excluding diaryl/α,β-unsaturated/α-hetero) is 1. The van der Waals surface area contributed by atoms with Crippen LogP contribution in [0.3, 0.4) is 0 Å². The average molecular weight is 714 g/mol. The van der Waals surface area contributed by atoms with Gasteiger partial charge in [0.2, 0.25) is 0 Å². The Hall–Kier alpha value is -3.18. The van der Waals surface area contributed by atoms with E-state index in [1.807, 2.05) is 113 Å². The van der Waals surface area contributed by atoms with E-state index in [-0.39, 0.29) is 29.6 Å². The number of hydrogen-bond acceptors (Lipinski definition) is 7. The maximum absolute atomic E-state index is 11.4. The third-order valence-electron chi connectivity index (χ3n) is 8.10. The van der Waals surface area contributed by atoms with Crippen molar-refractivity contribution in [3.8, 4) is 0 Å². The molecule has 280 valence electrons. The molecule has 0 heterocycles. The largest absolute Gasteiger partial charge is 0.397 e. The Morgan fingerprint density at radius 3 is 1.78 bits per heavy atom. The average Bonchev–Trinajstić information content (AvgIpc) is 3.05. The van der Waals surface area contributed by atoms with Crippen molar-refractivity contribution in [1.82, 2.24) is 5.32 Å². The highest BCUT2D eigenvalue weighted by Gasteiger charge is 2.27. The van der Waals surface area contributed by atoms with Gasteiger partial charge in [0, 0.05) is 17.9 Å². The summed E-state index contributed by atoms with van der Waals surface area (Å²) in [6.45, 7) is 16.0. The topological polar surface area (TPSA) is 133 Å². The van der Waals surface area contributed by atoms with E-state index in [1.54, 1.807) is 38.2 Å². The van der Waals surface area contributed by atoms with Crippen LogP contribution in [0, 0.1) is 23.7 Å². The van der Waals surface area contributed by atoms with Crippen LogP contribution in [-0.4, -0.2) is 59.9 Å². The molecule has 7 atom stereocenters. The Labute approximate surface area is 303 Å². The van der Waals surface area contributed by atoms with Gasteiger partial charge in [0.15, 0.2) is 5.78 Å². The minimum absolute atomic E-state index is 0.00318. The van der Waals surface area contributed by atoms with Gasteiger partial charge in [0.25, 0.3) is 0 Å². The maximum Gasteiger partial charge on any atom is 0.397 e. The summed E-state index contributed by atoms with van der Waals surface area (Å²) in [5.41, 5.74) is 0.721. The molecule has 7 unspecified atom stereocenters. The summed E-state index contributed by atoms with van der Waals surface area (Å²) in [5, 5.41) is 24.6. The van der Waals surface area contributed by atoms with Crippen LogP contribution in [0.1, 0.15) is 74.7 Å². The maximum atomic E-state index is 11.4. The van der Waals surface area contributed by atoms with E-state index in [2.05, 4.69) is 25.2 Å². The molecule has 0 aliphatic heterocycles. The van der Waals surface area contributed by atoms with E-state index in [4.69, 9.17) is 4.18 Å². The van der Waals surface area contributed by atoms with Crippen molar-refractivity contribution in [1.29, 1.82) is 0 Å². The van der Waals surface area contributed by atoms with E-state index >= 15 is 0 Å². The van der Waals surface area contributed by atoms with Crippen molar-refractivity contribution in [2.24, 2.45) is 23.7 Å². The van der Waals surface area contributed by atoms with Gasteiger partial charge >= 0.3 is 10.4 Å². The van der Waals surface area contributed by atoms with Crippen molar-refractivity contribution < 1.29 is 32.2 Å². The third kappa shape index (κ3) is 24.9. The summed E-state index contributed by atoms with van der Waals surface area (Å²) in [7, 11) is -4.57. The van der Waals surface area contributed by atoms with E-state index in [1.165, 1.54) is 0 Å². The van der Waals surface area contributed by atoms with Crippen LogP contribution in [-0.2, 0) is 19.4 Å². The minimum atomic E-state index is -4.57. The van der Waals surface area contributed by atoms with Crippen LogP contribution in [0.15, 0.2) is 121 Å². The molecule has 0 spiro atoms. The Bertz CT molecular complexity index is 1360. The first-order chi connectivity index (χ1) is 23.6. The molecular formula is C41H63NO7S. The monoisotopic (exact) mass is 713 g/mol. The summed E-state index contributed by atoms with van der Waals surface area (Å²) in [6, 6.07) is 0.00318. The molecule has 8 nitrogen and oxygen atoms in total. The lowest BCUT2D eigenvalue weighted by molar-refractivity contribution is -0.113. The van der Waals surface area contributed by atoms with Gasteiger partial charge in [-0.1, -0.05) is 150 Å². The van der Waals surface area contributed by atoms with Crippen LogP contribution < -0.4 is 5.32 Å². The van der Waals surface area contributed by atoms with E-state index in [9.17, 15) is 28.0 Å². The van der Waals surface area contributed by atoms with Gasteiger partial charge in [0.1, 0.15) is 0 Å². The van der Waals surface area contributed by atoms with Gasteiger partial charge < -0.3 is 15.5 Å². The molecule has 0 aromatic rings. The fourth-order valence-corrected chi connectivity index (χ4v) is 5.01. The number of allylic oxidation sites excluding steroid dienone is 17. The minimum Gasteiger partial charge on any atom is -0.392 e. The predicted octanol–water partition coefficient (Wildman–Crippen LogP) is 8.15. The van der Waals surface area contributed by atoms with E-state index in [0.717, 1.165) is 25.0 Å². The van der Waals surface area contributed by atoms with Gasteiger partial charge in [-0.15, -0.1) is 0 Å². The molecule has 0 saturated carbocycles. The molecule has 0 aromatic carbocycles. The molecule has 9 heteroatoms. The van der Waals surface area contributed by atoms with Crippen molar-refractivity contribution in [3.63, 3.8) is 0 Å². The first-order valence-electron chi connectivity index (χ1n) is 17.5. The SMILES string of the molecule is CC(=O)/C(C)=C/C=C/C=C/CC/C=C/C(C)C(O)C(C)C(O)/C=C/C=C/C=C/C=C/C=C/C=C/CC(OS(=O)(=O)O)C(C)C(C)NCC(C)C. The quantitative estimate of drug-likeness (QED) is 0.0245. The van der Waals surface area contributed by atoms with Crippen LogP contribution >= 0.6 is 0 Å². The van der Waals surface area contributed by atoms with Crippen LogP contribution in [0.5, 0.6) is 0 Å². The van der Waals surface area contributed by atoms with Crippen LogP contribution in [0.2, 0.25) is 0 Å². The smallest absolute Gasteiger partial charge is 0.392 e. The number of hydrogen-bond donors (Lipinski definition) is 4. The number of rotatable bonds is 25. The van der Waals surface area contributed by atoms with Gasteiger partial charge in [-0.25, -0.2) is 4.18 Å². The molecule has 0 rings (SSSR count). The summed E-state index contributed by atoms with van der Waals surface area (Å²) in [6.07, 6.45) is 35.2. The van der Waals surface area contributed by atoms with E-state index in [0.29, 0.717) is 12.3 Å². The van der Waals surface area contributed by atoms with Gasteiger partial charge in [-0.05, 0) is 64.0 Å². The molecule has 0 aliphatic carbocycles. The lowest BCUT2D eigenvalue weighted by atomic mass is 9.88. The number of carbonyl (C=O) groups is 1. The lowest BCUT2D eigenvalue weighted by Crippen LogP contribution is -2.41. The summed E-state index contributed by atoms with van der Waals surface area (Å²) < 4.78 is 36.9. The molecule has 0 radical (unpaired) electrons. The van der Waals surface area contributed by atoms with Crippen molar-refractivity contribution in [3.05, 3.63) is 121 Å². The third-order valence-corrected chi connectivity index (χ3v) is 8.59. The highest BCUT2D eigenvalue weighted by atomic mass is 32.3. The second kappa shape index (κ2) is 27.5. The second-order valence-electron chi connectivity index (χ2n) is 13.0. The highest BCUT2D eigenvalue weighted by molar-refractivity contribution is 7.80. The Morgan fingerprint density at radius 1 is 0.700 bits per heavy atom. The number of unbranched alkanes of at least 4 members (excludes halogenated alkanes) is 1. The summed E-state index contributed by atoms with van der Waals surface area (Å²) >= 11 is 0. The van der Waals surface area contributed by atoms with Gasteiger partial charge in [-0.2, -0.15) is 8.42 Å². The van der Waals surface area contributed by atoms with Gasteiger partial charge in [0.05, 0.1) is 18.3 Å². The Morgan fingerprint density at radius 2 is 1.22 bits per heavy atom. The number of aliphatic hydroxyl groups is 2. The molecule has 4 N–H and O–H groups in total. The fraction of sp³-hybridized carbons (Fsp3) is 0.488.